The number of anilines is 2. The molecule has 220 valence electrons. The van der Waals surface area contributed by atoms with E-state index in [1.807, 2.05) is 43.3 Å². The lowest BCUT2D eigenvalue weighted by molar-refractivity contribution is -0.137. The number of hydrogen-bond acceptors (Lipinski definition) is 7. The lowest BCUT2D eigenvalue weighted by atomic mass is 10.1. The number of nitrogens with zero attached hydrogens (tertiary/aromatic N) is 6. The van der Waals surface area contributed by atoms with Crippen molar-refractivity contribution in [2.75, 3.05) is 36.4 Å². The smallest absolute Gasteiger partial charge is 0.354 e. The summed E-state index contributed by atoms with van der Waals surface area (Å²) in [7, 11) is 0. The molecule has 1 saturated heterocycles. The number of aromatic nitrogens is 4. The van der Waals surface area contributed by atoms with Crippen LogP contribution in [-0.4, -0.2) is 57.2 Å². The van der Waals surface area contributed by atoms with Crippen molar-refractivity contribution in [3.63, 3.8) is 0 Å². The standard InChI is InChI=1S/C31H28F3N7O2/c1-20-8-10-21(11-9-20)17-25-37-28(26-27(39-43-29(26)38-25)22-5-3-12-35-19-22)40-13-4-14-41(16-15-40)30(42)36-24-7-2-6-23(18-24)31(32,33)34/h2-3,5-12,18-19H,4,13-17H2,1H3,(H,36,42). The number of nitrogens with one attached hydrogen (secondary N) is 1. The van der Waals surface area contributed by atoms with Crippen LogP contribution in [0.2, 0.25) is 0 Å². The highest BCUT2D eigenvalue weighted by Gasteiger charge is 2.31. The van der Waals surface area contributed by atoms with Gasteiger partial charge in [0.15, 0.2) is 0 Å². The Labute approximate surface area is 245 Å². The fourth-order valence-corrected chi connectivity index (χ4v) is 5.08. The van der Waals surface area contributed by atoms with E-state index in [1.165, 1.54) is 12.1 Å². The molecule has 0 bridgehead atoms. The molecule has 0 aliphatic carbocycles. The Balaban J connectivity index is 1.28. The van der Waals surface area contributed by atoms with Crippen LogP contribution in [0.4, 0.5) is 29.5 Å². The van der Waals surface area contributed by atoms with E-state index in [4.69, 9.17) is 14.5 Å². The molecule has 9 nitrogen and oxygen atoms in total. The van der Waals surface area contributed by atoms with Crippen molar-refractivity contribution in [3.05, 3.63) is 95.6 Å². The van der Waals surface area contributed by atoms with E-state index in [1.54, 1.807) is 17.3 Å². The number of hydrogen-bond donors (Lipinski definition) is 1. The van der Waals surface area contributed by atoms with Crippen LogP contribution in [-0.2, 0) is 12.6 Å². The Morgan fingerprint density at radius 1 is 1.00 bits per heavy atom. The quantitative estimate of drug-likeness (QED) is 0.256. The Hall–Kier alpha value is -5.00. The van der Waals surface area contributed by atoms with Gasteiger partial charge in [-0.15, -0.1) is 0 Å². The monoisotopic (exact) mass is 587 g/mol. The average molecular weight is 588 g/mol. The van der Waals surface area contributed by atoms with E-state index in [-0.39, 0.29) is 5.69 Å². The van der Waals surface area contributed by atoms with Gasteiger partial charge in [0.05, 0.1) is 5.56 Å². The van der Waals surface area contributed by atoms with E-state index in [0.29, 0.717) is 67.5 Å². The molecule has 12 heteroatoms. The largest absolute Gasteiger partial charge is 0.416 e. The minimum Gasteiger partial charge on any atom is -0.354 e. The zero-order valence-corrected chi connectivity index (χ0v) is 23.3. The fraction of sp³-hybridized carbons (Fsp3) is 0.258. The van der Waals surface area contributed by atoms with E-state index < -0.39 is 17.8 Å². The van der Waals surface area contributed by atoms with Gasteiger partial charge in [-0.2, -0.15) is 18.2 Å². The van der Waals surface area contributed by atoms with Crippen LogP contribution in [0.25, 0.3) is 22.4 Å². The normalized spacial score (nSPS) is 14.1. The number of amides is 2. The zero-order chi connectivity index (χ0) is 30.0. The Morgan fingerprint density at radius 3 is 2.60 bits per heavy atom. The van der Waals surface area contributed by atoms with Gasteiger partial charge in [-0.25, -0.2) is 9.78 Å². The first kappa shape index (κ1) is 28.1. The number of carbonyl (C=O) groups is 1. The van der Waals surface area contributed by atoms with Crippen molar-refractivity contribution in [2.45, 2.75) is 25.9 Å². The second kappa shape index (κ2) is 11.7. The molecule has 0 unspecified atom stereocenters. The summed E-state index contributed by atoms with van der Waals surface area (Å²) in [6, 6.07) is 16.0. The van der Waals surface area contributed by atoms with E-state index in [2.05, 4.69) is 20.4 Å². The number of fused-ring (bicyclic) bond motifs is 1. The fourth-order valence-electron chi connectivity index (χ4n) is 5.08. The van der Waals surface area contributed by atoms with Gasteiger partial charge < -0.3 is 19.6 Å². The van der Waals surface area contributed by atoms with Crippen LogP contribution in [0, 0.1) is 6.92 Å². The van der Waals surface area contributed by atoms with Crippen molar-refractivity contribution in [1.82, 2.24) is 25.0 Å². The summed E-state index contributed by atoms with van der Waals surface area (Å²) in [4.78, 5) is 30.6. The van der Waals surface area contributed by atoms with Crippen molar-refractivity contribution in [3.8, 4) is 11.3 Å². The van der Waals surface area contributed by atoms with Gasteiger partial charge in [0.2, 0.25) is 0 Å². The summed E-state index contributed by atoms with van der Waals surface area (Å²) >= 11 is 0. The molecule has 0 spiro atoms. The molecule has 1 fully saturated rings. The summed E-state index contributed by atoms with van der Waals surface area (Å²) in [5.41, 5.74) is 3.16. The topological polar surface area (TPSA) is 100 Å². The van der Waals surface area contributed by atoms with Crippen molar-refractivity contribution >= 4 is 28.6 Å². The second-order valence-corrected chi connectivity index (χ2v) is 10.4. The van der Waals surface area contributed by atoms with Crippen LogP contribution in [0.1, 0.15) is 28.9 Å². The maximum atomic E-state index is 13.2. The van der Waals surface area contributed by atoms with Gasteiger partial charge >= 0.3 is 12.2 Å². The number of halogens is 3. The van der Waals surface area contributed by atoms with Crippen LogP contribution >= 0.6 is 0 Å². The first-order valence-corrected chi connectivity index (χ1v) is 13.8. The van der Waals surface area contributed by atoms with E-state index in [9.17, 15) is 18.0 Å². The van der Waals surface area contributed by atoms with Gasteiger partial charge in [-0.3, -0.25) is 4.98 Å². The molecule has 1 N–H and O–H groups in total. The summed E-state index contributed by atoms with van der Waals surface area (Å²) in [5.74, 6) is 1.22. The molecule has 3 aromatic heterocycles. The lowest BCUT2D eigenvalue weighted by Gasteiger charge is -2.24. The molecule has 6 rings (SSSR count). The third-order valence-electron chi connectivity index (χ3n) is 7.30. The van der Waals surface area contributed by atoms with E-state index in [0.717, 1.165) is 28.8 Å². The SMILES string of the molecule is Cc1ccc(Cc2nc(N3CCCN(C(=O)Nc4cccc(C(F)(F)F)c4)CC3)c3c(-c4cccnc4)noc3n2)cc1. The van der Waals surface area contributed by atoms with Crippen molar-refractivity contribution < 1.29 is 22.5 Å². The van der Waals surface area contributed by atoms with Gasteiger partial charge in [0.1, 0.15) is 22.7 Å². The van der Waals surface area contributed by atoms with Crippen LogP contribution in [0.5, 0.6) is 0 Å². The van der Waals surface area contributed by atoms with Gasteiger partial charge in [0.25, 0.3) is 5.71 Å². The molecule has 43 heavy (non-hydrogen) atoms. The first-order valence-electron chi connectivity index (χ1n) is 13.8. The lowest BCUT2D eigenvalue weighted by Crippen LogP contribution is -2.38. The van der Waals surface area contributed by atoms with Gasteiger partial charge in [-0.1, -0.05) is 41.1 Å². The number of aryl methyl sites for hydroxylation is 1. The molecular weight excluding hydrogens is 559 g/mol. The highest BCUT2D eigenvalue weighted by Crippen LogP contribution is 2.34. The molecule has 5 aromatic rings. The predicted molar refractivity (Wildman–Crippen MR) is 156 cm³/mol. The van der Waals surface area contributed by atoms with Gasteiger partial charge in [0, 0.05) is 56.2 Å². The van der Waals surface area contributed by atoms with Crippen LogP contribution < -0.4 is 10.2 Å². The summed E-state index contributed by atoms with van der Waals surface area (Å²) < 4.78 is 45.2. The molecule has 1 aliphatic heterocycles. The molecule has 2 aromatic carbocycles. The number of urea groups is 1. The predicted octanol–water partition coefficient (Wildman–Crippen LogP) is 6.34. The Morgan fingerprint density at radius 2 is 1.84 bits per heavy atom. The molecule has 0 saturated carbocycles. The molecular formula is C31H28F3N7O2. The summed E-state index contributed by atoms with van der Waals surface area (Å²) in [6.45, 7) is 3.80. The highest BCUT2D eigenvalue weighted by atomic mass is 19.4. The number of carbonyl (C=O) groups excluding carboxylic acids is 1. The third-order valence-corrected chi connectivity index (χ3v) is 7.30. The highest BCUT2D eigenvalue weighted by molar-refractivity contribution is 5.98. The maximum Gasteiger partial charge on any atom is 0.416 e. The van der Waals surface area contributed by atoms with Crippen LogP contribution in [0.15, 0.2) is 77.6 Å². The molecule has 0 atom stereocenters. The average Bonchev–Trinajstić information content (AvgIpc) is 3.26. The first-order chi connectivity index (χ1) is 20.7. The molecule has 4 heterocycles. The zero-order valence-electron chi connectivity index (χ0n) is 23.3. The number of benzene rings is 2. The van der Waals surface area contributed by atoms with Crippen LogP contribution in [0.3, 0.4) is 0 Å². The summed E-state index contributed by atoms with van der Waals surface area (Å²) in [5, 5.41) is 7.59. The maximum absolute atomic E-state index is 13.2. The van der Waals surface area contributed by atoms with E-state index >= 15 is 0 Å². The molecule has 1 aliphatic rings. The minimum absolute atomic E-state index is 0.0877. The minimum atomic E-state index is -4.50. The summed E-state index contributed by atoms with van der Waals surface area (Å²) in [6.07, 6.45) is -0.0182. The number of pyridine rings is 1. The third kappa shape index (κ3) is 6.27. The van der Waals surface area contributed by atoms with Crippen molar-refractivity contribution in [1.29, 1.82) is 0 Å². The second-order valence-electron chi connectivity index (χ2n) is 10.4. The molecule has 2 amide bonds. The Bertz CT molecular complexity index is 1740. The number of alkyl halides is 3. The Kier molecular flexibility index (Phi) is 7.66. The number of rotatable bonds is 5. The van der Waals surface area contributed by atoms with Gasteiger partial charge in [-0.05, 0) is 49.2 Å². The molecule has 0 radical (unpaired) electrons. The van der Waals surface area contributed by atoms with Crippen molar-refractivity contribution in [2.24, 2.45) is 0 Å².